The molecule has 146 valence electrons. The van der Waals surface area contributed by atoms with E-state index in [0.29, 0.717) is 33.9 Å². The van der Waals surface area contributed by atoms with E-state index in [9.17, 15) is 14.4 Å². The van der Waals surface area contributed by atoms with Gasteiger partial charge in [0.1, 0.15) is 5.82 Å². The molecule has 0 radical (unpaired) electrons. The molecule has 0 aliphatic carbocycles. The predicted octanol–water partition coefficient (Wildman–Crippen LogP) is 4.07. The maximum Gasteiger partial charge on any atom is 0.337 e. The minimum Gasteiger partial charge on any atom is -0.465 e. The SMILES string of the molecule is COC(=O)c1cccc(Nc2cc(C(=O)Nc3ccc(C(C)=O)cc3)ccn2)c1. The number of rotatable bonds is 6. The quantitative estimate of drug-likeness (QED) is 0.487. The number of hydrogen-bond donors (Lipinski definition) is 2. The Morgan fingerprint density at radius 2 is 1.62 bits per heavy atom. The molecular weight excluding hydrogens is 370 g/mol. The molecule has 0 aliphatic heterocycles. The molecule has 1 aromatic heterocycles. The smallest absolute Gasteiger partial charge is 0.337 e. The van der Waals surface area contributed by atoms with Gasteiger partial charge in [-0.1, -0.05) is 6.07 Å². The van der Waals surface area contributed by atoms with Gasteiger partial charge in [0, 0.05) is 28.7 Å². The summed E-state index contributed by atoms with van der Waals surface area (Å²) >= 11 is 0. The van der Waals surface area contributed by atoms with E-state index in [2.05, 4.69) is 15.6 Å². The van der Waals surface area contributed by atoms with Crippen molar-refractivity contribution in [1.29, 1.82) is 0 Å². The first-order valence-electron chi connectivity index (χ1n) is 8.80. The van der Waals surface area contributed by atoms with Crippen LogP contribution < -0.4 is 10.6 Å². The van der Waals surface area contributed by atoms with Crippen LogP contribution in [0.2, 0.25) is 0 Å². The van der Waals surface area contributed by atoms with Crippen molar-refractivity contribution in [3.63, 3.8) is 0 Å². The molecular formula is C22H19N3O4. The molecule has 7 nitrogen and oxygen atoms in total. The van der Waals surface area contributed by atoms with Crippen molar-refractivity contribution in [1.82, 2.24) is 4.98 Å². The van der Waals surface area contributed by atoms with E-state index in [1.54, 1.807) is 60.7 Å². The Kier molecular flexibility index (Phi) is 5.99. The summed E-state index contributed by atoms with van der Waals surface area (Å²) in [5.74, 6) is -0.338. The van der Waals surface area contributed by atoms with Crippen LogP contribution in [0.3, 0.4) is 0 Å². The van der Waals surface area contributed by atoms with Gasteiger partial charge in [-0.2, -0.15) is 0 Å². The minimum absolute atomic E-state index is 0.0380. The summed E-state index contributed by atoms with van der Waals surface area (Å²) < 4.78 is 4.72. The third-order valence-corrected chi connectivity index (χ3v) is 4.13. The fraction of sp³-hybridized carbons (Fsp3) is 0.0909. The Bertz CT molecular complexity index is 1060. The normalized spacial score (nSPS) is 10.1. The first-order valence-corrected chi connectivity index (χ1v) is 8.80. The summed E-state index contributed by atoms with van der Waals surface area (Å²) in [5.41, 5.74) is 2.60. The number of Topliss-reactive ketones (excluding diaryl/α,β-unsaturated/α-hetero) is 1. The number of esters is 1. The van der Waals surface area contributed by atoms with Gasteiger partial charge in [0.05, 0.1) is 12.7 Å². The number of nitrogens with zero attached hydrogens (tertiary/aromatic N) is 1. The van der Waals surface area contributed by atoms with Crippen LogP contribution in [0, 0.1) is 0 Å². The molecule has 29 heavy (non-hydrogen) atoms. The van der Waals surface area contributed by atoms with Crippen LogP contribution in [0.25, 0.3) is 0 Å². The molecule has 3 rings (SSSR count). The monoisotopic (exact) mass is 389 g/mol. The van der Waals surface area contributed by atoms with E-state index >= 15 is 0 Å². The van der Waals surface area contributed by atoms with Gasteiger partial charge in [-0.05, 0) is 61.5 Å². The third kappa shape index (κ3) is 5.04. The largest absolute Gasteiger partial charge is 0.465 e. The van der Waals surface area contributed by atoms with Crippen LogP contribution in [0.15, 0.2) is 66.9 Å². The fourth-order valence-corrected chi connectivity index (χ4v) is 2.62. The molecule has 0 atom stereocenters. The molecule has 0 saturated heterocycles. The molecule has 0 saturated carbocycles. The summed E-state index contributed by atoms with van der Waals surface area (Å²) in [7, 11) is 1.32. The van der Waals surface area contributed by atoms with Gasteiger partial charge in [0.15, 0.2) is 5.78 Å². The van der Waals surface area contributed by atoms with Crippen LogP contribution in [0.4, 0.5) is 17.2 Å². The number of carbonyl (C=O) groups is 3. The number of ether oxygens (including phenoxy) is 1. The Morgan fingerprint density at radius 3 is 2.31 bits per heavy atom. The molecule has 0 spiro atoms. The number of aromatic nitrogens is 1. The Hall–Kier alpha value is -4.00. The van der Waals surface area contributed by atoms with Gasteiger partial charge in [-0.3, -0.25) is 9.59 Å². The lowest BCUT2D eigenvalue weighted by Gasteiger charge is -2.09. The molecule has 2 N–H and O–H groups in total. The van der Waals surface area contributed by atoms with Crippen LogP contribution in [-0.2, 0) is 4.74 Å². The second-order valence-electron chi connectivity index (χ2n) is 6.21. The van der Waals surface area contributed by atoms with Crippen molar-refractivity contribution >= 4 is 34.9 Å². The van der Waals surface area contributed by atoms with Crippen molar-refractivity contribution in [2.24, 2.45) is 0 Å². The standard InChI is InChI=1S/C22H19N3O4/c1-14(26)15-6-8-18(9-7-15)25-21(27)16-10-11-23-20(13-16)24-19-5-3-4-17(12-19)22(28)29-2/h3-13H,1-2H3,(H,23,24)(H,25,27). The van der Waals surface area contributed by atoms with Crippen LogP contribution in [-0.4, -0.2) is 29.8 Å². The number of methoxy groups -OCH3 is 1. The number of pyridine rings is 1. The number of carbonyl (C=O) groups excluding carboxylic acids is 3. The topological polar surface area (TPSA) is 97.4 Å². The molecule has 0 fully saturated rings. The maximum atomic E-state index is 12.5. The van der Waals surface area contributed by atoms with E-state index < -0.39 is 5.97 Å². The molecule has 0 unspecified atom stereocenters. The average molecular weight is 389 g/mol. The molecule has 2 aromatic carbocycles. The highest BCUT2D eigenvalue weighted by Gasteiger charge is 2.10. The highest BCUT2D eigenvalue weighted by molar-refractivity contribution is 6.05. The first kappa shape index (κ1) is 19.8. The number of anilines is 3. The van der Waals surface area contributed by atoms with Crippen molar-refractivity contribution in [3.05, 3.63) is 83.6 Å². The van der Waals surface area contributed by atoms with Gasteiger partial charge >= 0.3 is 5.97 Å². The van der Waals surface area contributed by atoms with E-state index in [1.165, 1.54) is 20.2 Å². The van der Waals surface area contributed by atoms with Gasteiger partial charge < -0.3 is 15.4 Å². The lowest BCUT2D eigenvalue weighted by atomic mass is 10.1. The van der Waals surface area contributed by atoms with Crippen molar-refractivity contribution in [2.75, 3.05) is 17.7 Å². The molecule has 7 heteroatoms. The lowest BCUT2D eigenvalue weighted by molar-refractivity contribution is 0.0600. The van der Waals surface area contributed by atoms with Crippen molar-refractivity contribution in [2.45, 2.75) is 6.92 Å². The molecule has 3 aromatic rings. The lowest BCUT2D eigenvalue weighted by Crippen LogP contribution is -2.12. The third-order valence-electron chi connectivity index (χ3n) is 4.13. The zero-order valence-electron chi connectivity index (χ0n) is 15.9. The van der Waals surface area contributed by atoms with E-state index in [1.807, 2.05) is 0 Å². The van der Waals surface area contributed by atoms with Crippen molar-refractivity contribution < 1.29 is 19.1 Å². The van der Waals surface area contributed by atoms with E-state index in [-0.39, 0.29) is 11.7 Å². The second-order valence-corrected chi connectivity index (χ2v) is 6.21. The number of benzene rings is 2. The summed E-state index contributed by atoms with van der Waals surface area (Å²) in [6.45, 7) is 1.49. The summed E-state index contributed by atoms with van der Waals surface area (Å²) in [5, 5.41) is 5.85. The van der Waals surface area contributed by atoms with Crippen LogP contribution >= 0.6 is 0 Å². The minimum atomic E-state index is -0.439. The fourth-order valence-electron chi connectivity index (χ4n) is 2.62. The Morgan fingerprint density at radius 1 is 0.862 bits per heavy atom. The highest BCUT2D eigenvalue weighted by Crippen LogP contribution is 2.18. The Balaban J connectivity index is 1.72. The Labute approximate surface area is 167 Å². The predicted molar refractivity (Wildman–Crippen MR) is 110 cm³/mol. The second kappa shape index (κ2) is 8.79. The van der Waals surface area contributed by atoms with Crippen LogP contribution in [0.5, 0.6) is 0 Å². The number of nitrogens with one attached hydrogen (secondary N) is 2. The summed E-state index contributed by atoms with van der Waals surface area (Å²) in [6, 6.07) is 16.6. The zero-order valence-corrected chi connectivity index (χ0v) is 15.9. The van der Waals surface area contributed by atoms with Gasteiger partial charge in [-0.25, -0.2) is 9.78 Å². The number of amides is 1. The summed E-state index contributed by atoms with van der Waals surface area (Å²) in [6.07, 6.45) is 1.51. The van der Waals surface area contributed by atoms with Gasteiger partial charge in [0.25, 0.3) is 5.91 Å². The molecule has 1 amide bonds. The number of ketones is 1. The van der Waals surface area contributed by atoms with Gasteiger partial charge in [0.2, 0.25) is 0 Å². The van der Waals surface area contributed by atoms with Crippen LogP contribution in [0.1, 0.15) is 38.0 Å². The number of hydrogen-bond acceptors (Lipinski definition) is 6. The van der Waals surface area contributed by atoms with E-state index in [0.717, 1.165) is 0 Å². The maximum absolute atomic E-state index is 12.5. The zero-order chi connectivity index (χ0) is 20.8. The van der Waals surface area contributed by atoms with E-state index in [4.69, 9.17) is 4.74 Å². The molecule has 0 aliphatic rings. The summed E-state index contributed by atoms with van der Waals surface area (Å²) in [4.78, 5) is 39.7. The first-order chi connectivity index (χ1) is 14.0. The van der Waals surface area contributed by atoms with Crippen molar-refractivity contribution in [3.8, 4) is 0 Å². The van der Waals surface area contributed by atoms with Gasteiger partial charge in [-0.15, -0.1) is 0 Å². The highest BCUT2D eigenvalue weighted by atomic mass is 16.5. The molecule has 0 bridgehead atoms. The average Bonchev–Trinajstić information content (AvgIpc) is 2.74. The molecule has 1 heterocycles.